The predicted molar refractivity (Wildman–Crippen MR) is 107 cm³/mol. The molecule has 30 heavy (non-hydrogen) atoms. The molecule has 0 saturated carbocycles. The van der Waals surface area contributed by atoms with Crippen LogP contribution in [0.25, 0.3) is 0 Å². The number of rotatable bonds is 4. The molecule has 1 N–H and O–H groups in total. The molecule has 3 aliphatic rings. The smallest absolute Gasteiger partial charge is 0.306 e. The van der Waals surface area contributed by atoms with Gasteiger partial charge in [-0.1, -0.05) is 12.1 Å². The van der Waals surface area contributed by atoms with E-state index in [-0.39, 0.29) is 25.5 Å². The number of nitrogens with zero attached hydrogens (tertiary/aromatic N) is 1. The Hall–Kier alpha value is -2.61. The van der Waals surface area contributed by atoms with Gasteiger partial charge in [-0.3, -0.25) is 9.69 Å². The van der Waals surface area contributed by atoms with Crippen molar-refractivity contribution in [3.63, 3.8) is 0 Å². The molecule has 0 atom stereocenters. The highest BCUT2D eigenvalue weighted by molar-refractivity contribution is 5.70. The van der Waals surface area contributed by atoms with Gasteiger partial charge in [0.2, 0.25) is 0 Å². The summed E-state index contributed by atoms with van der Waals surface area (Å²) in [4.78, 5) is 13.8. The standard InChI is InChI=1S/C23H25NO6/c25-23(26)15-5-7-24(8-6-15)22(16-1-3-20-18(9-16)11-27-13-29-20)17-2-4-21-19(10-17)12-28-14-30-21/h1-4,9-10,15,22H,5-8,11-14H2,(H,25,26). The average Bonchev–Trinajstić information content (AvgIpc) is 2.79. The maximum absolute atomic E-state index is 11.4. The largest absolute Gasteiger partial charge is 0.481 e. The van der Waals surface area contributed by atoms with Gasteiger partial charge in [-0.2, -0.15) is 0 Å². The van der Waals surface area contributed by atoms with Gasteiger partial charge in [-0.05, 0) is 61.3 Å². The molecule has 2 aromatic carbocycles. The van der Waals surface area contributed by atoms with Gasteiger partial charge in [0.05, 0.1) is 25.2 Å². The maximum atomic E-state index is 11.4. The van der Waals surface area contributed by atoms with E-state index in [0.717, 1.165) is 46.8 Å². The summed E-state index contributed by atoms with van der Waals surface area (Å²) in [7, 11) is 0. The molecule has 0 unspecified atom stereocenters. The number of carbonyl (C=O) groups is 1. The summed E-state index contributed by atoms with van der Waals surface area (Å²) in [6.45, 7) is 3.09. The number of hydrogen-bond acceptors (Lipinski definition) is 6. The van der Waals surface area contributed by atoms with Gasteiger partial charge in [-0.25, -0.2) is 0 Å². The summed E-state index contributed by atoms with van der Waals surface area (Å²) in [6, 6.07) is 12.5. The zero-order valence-electron chi connectivity index (χ0n) is 16.7. The molecule has 1 saturated heterocycles. The van der Waals surface area contributed by atoms with Crippen molar-refractivity contribution < 1.29 is 28.8 Å². The Morgan fingerprint density at radius 3 is 1.93 bits per heavy atom. The first-order valence-electron chi connectivity index (χ1n) is 10.3. The van der Waals surface area contributed by atoms with Crippen LogP contribution >= 0.6 is 0 Å². The van der Waals surface area contributed by atoms with Crippen molar-refractivity contribution >= 4 is 5.97 Å². The Morgan fingerprint density at radius 1 is 0.900 bits per heavy atom. The molecule has 158 valence electrons. The van der Waals surface area contributed by atoms with Crippen LogP contribution in [0.3, 0.4) is 0 Å². The van der Waals surface area contributed by atoms with Gasteiger partial charge in [0, 0.05) is 11.1 Å². The molecule has 7 nitrogen and oxygen atoms in total. The van der Waals surface area contributed by atoms with Crippen LogP contribution in [-0.4, -0.2) is 42.7 Å². The number of piperidine rings is 1. The summed E-state index contributed by atoms with van der Waals surface area (Å²) in [5.41, 5.74) is 4.37. The molecule has 0 aromatic heterocycles. The third-order valence-corrected chi connectivity index (χ3v) is 6.16. The number of likely N-dealkylation sites (tertiary alicyclic amines) is 1. The Balaban J connectivity index is 1.50. The fourth-order valence-electron chi connectivity index (χ4n) is 4.58. The number of hydrogen-bond donors (Lipinski definition) is 1. The fraction of sp³-hybridized carbons (Fsp3) is 0.435. The van der Waals surface area contributed by atoms with Gasteiger partial charge >= 0.3 is 5.97 Å². The van der Waals surface area contributed by atoms with Crippen LogP contribution in [-0.2, 0) is 27.5 Å². The van der Waals surface area contributed by atoms with Gasteiger partial charge in [0.1, 0.15) is 11.5 Å². The van der Waals surface area contributed by atoms with Crippen LogP contribution in [0.5, 0.6) is 11.5 Å². The predicted octanol–water partition coefficient (Wildman–Crippen LogP) is 3.31. The molecule has 3 heterocycles. The molecule has 0 amide bonds. The van der Waals surface area contributed by atoms with E-state index in [1.54, 1.807) is 0 Å². The summed E-state index contributed by atoms with van der Waals surface area (Å²) < 4.78 is 22.1. The number of carboxylic acids is 1. The zero-order chi connectivity index (χ0) is 20.5. The highest BCUT2D eigenvalue weighted by Crippen LogP contribution is 2.37. The molecular weight excluding hydrogens is 386 g/mol. The van der Waals surface area contributed by atoms with E-state index in [0.29, 0.717) is 26.1 Å². The second kappa shape index (κ2) is 8.26. The lowest BCUT2D eigenvalue weighted by molar-refractivity contribution is -0.143. The monoisotopic (exact) mass is 411 g/mol. The summed E-state index contributed by atoms with van der Waals surface area (Å²) in [5.74, 6) is 0.760. The lowest BCUT2D eigenvalue weighted by atomic mass is 9.90. The first-order valence-corrected chi connectivity index (χ1v) is 10.3. The molecule has 2 aromatic rings. The van der Waals surface area contributed by atoms with E-state index in [1.807, 2.05) is 12.1 Å². The highest BCUT2D eigenvalue weighted by Gasteiger charge is 2.31. The number of aliphatic carboxylic acids is 1. The molecule has 0 radical (unpaired) electrons. The van der Waals surface area contributed by atoms with Crippen LogP contribution in [0.2, 0.25) is 0 Å². The van der Waals surface area contributed by atoms with Crippen molar-refractivity contribution in [1.82, 2.24) is 4.90 Å². The number of ether oxygens (including phenoxy) is 4. The van der Waals surface area contributed by atoms with Crippen LogP contribution in [0, 0.1) is 5.92 Å². The quantitative estimate of drug-likeness (QED) is 0.827. The minimum absolute atomic E-state index is 0.0131. The van der Waals surface area contributed by atoms with Crippen molar-refractivity contribution in [2.24, 2.45) is 5.92 Å². The first-order chi connectivity index (χ1) is 14.7. The number of fused-ring (bicyclic) bond motifs is 2. The second-order valence-electron chi connectivity index (χ2n) is 8.01. The first kappa shape index (κ1) is 19.4. The minimum atomic E-state index is -0.697. The van der Waals surface area contributed by atoms with Crippen LogP contribution < -0.4 is 9.47 Å². The normalized spacial score (nSPS) is 19.5. The summed E-state index contributed by atoms with van der Waals surface area (Å²) in [5, 5.41) is 9.39. The summed E-state index contributed by atoms with van der Waals surface area (Å²) >= 11 is 0. The molecular formula is C23H25NO6. The topological polar surface area (TPSA) is 77.5 Å². The van der Waals surface area contributed by atoms with Gasteiger partial charge in [-0.15, -0.1) is 0 Å². The summed E-state index contributed by atoms with van der Waals surface area (Å²) in [6.07, 6.45) is 1.31. The van der Waals surface area contributed by atoms with E-state index in [2.05, 4.69) is 29.2 Å². The zero-order valence-corrected chi connectivity index (χ0v) is 16.7. The van der Waals surface area contributed by atoms with E-state index < -0.39 is 5.97 Å². The fourth-order valence-corrected chi connectivity index (χ4v) is 4.58. The van der Waals surface area contributed by atoms with Crippen molar-refractivity contribution in [2.75, 3.05) is 26.7 Å². The highest BCUT2D eigenvalue weighted by atomic mass is 16.7. The molecule has 3 aliphatic heterocycles. The van der Waals surface area contributed by atoms with Gasteiger partial charge < -0.3 is 24.1 Å². The second-order valence-corrected chi connectivity index (χ2v) is 8.01. The van der Waals surface area contributed by atoms with Crippen LogP contribution in [0.15, 0.2) is 36.4 Å². The van der Waals surface area contributed by atoms with Crippen molar-refractivity contribution in [2.45, 2.75) is 32.1 Å². The third-order valence-electron chi connectivity index (χ3n) is 6.16. The Labute approximate surface area is 175 Å². The number of carboxylic acid groups (broad SMARTS) is 1. The average molecular weight is 411 g/mol. The minimum Gasteiger partial charge on any atom is -0.481 e. The van der Waals surface area contributed by atoms with Crippen molar-refractivity contribution in [3.8, 4) is 11.5 Å². The lowest BCUT2D eigenvalue weighted by Gasteiger charge is -2.38. The molecule has 0 spiro atoms. The SMILES string of the molecule is O=C(O)C1CCN(C(c2ccc3c(c2)COCO3)c2ccc3c(c2)COCO3)CC1. The van der Waals surface area contributed by atoms with E-state index in [4.69, 9.17) is 18.9 Å². The molecule has 5 rings (SSSR count). The molecule has 0 bridgehead atoms. The van der Waals surface area contributed by atoms with Crippen molar-refractivity contribution in [3.05, 3.63) is 58.7 Å². The van der Waals surface area contributed by atoms with Crippen LogP contribution in [0.1, 0.15) is 41.1 Å². The molecule has 7 heteroatoms. The number of benzene rings is 2. The maximum Gasteiger partial charge on any atom is 0.306 e. The third kappa shape index (κ3) is 3.76. The Bertz CT molecular complexity index is 878. The molecule has 1 fully saturated rings. The van der Waals surface area contributed by atoms with Gasteiger partial charge in [0.25, 0.3) is 0 Å². The Kier molecular flexibility index (Phi) is 5.33. The lowest BCUT2D eigenvalue weighted by Crippen LogP contribution is -2.39. The van der Waals surface area contributed by atoms with Gasteiger partial charge in [0.15, 0.2) is 13.6 Å². The van der Waals surface area contributed by atoms with E-state index in [1.165, 1.54) is 0 Å². The van der Waals surface area contributed by atoms with Crippen molar-refractivity contribution in [1.29, 1.82) is 0 Å². The molecule has 0 aliphatic carbocycles. The van der Waals surface area contributed by atoms with E-state index >= 15 is 0 Å². The van der Waals surface area contributed by atoms with Crippen LogP contribution in [0.4, 0.5) is 0 Å². The van der Waals surface area contributed by atoms with E-state index in [9.17, 15) is 9.90 Å². The Morgan fingerprint density at radius 2 is 1.43 bits per heavy atom.